The van der Waals surface area contributed by atoms with E-state index in [1.165, 1.54) is 18.7 Å². The highest BCUT2D eigenvalue weighted by atomic mass is 19.1. The van der Waals surface area contributed by atoms with Crippen molar-refractivity contribution in [2.24, 2.45) is 4.99 Å². The van der Waals surface area contributed by atoms with Gasteiger partial charge in [0.2, 0.25) is 0 Å². The highest BCUT2D eigenvalue weighted by Gasteiger charge is 1.99. The number of rotatable bonds is 2. The summed E-state index contributed by atoms with van der Waals surface area (Å²) < 4.78 is 25.6. The first-order valence-electron chi connectivity index (χ1n) is 9.51. The molecule has 0 saturated heterocycles. The molecule has 2 rings (SSSR count). The molecule has 0 bridgehead atoms. The van der Waals surface area contributed by atoms with E-state index in [0.717, 1.165) is 35.0 Å². The van der Waals surface area contributed by atoms with Crippen LogP contribution in [0.4, 0.5) is 8.78 Å². The molecule has 0 N–H and O–H groups in total. The van der Waals surface area contributed by atoms with Gasteiger partial charge in [-0.3, -0.25) is 4.99 Å². The second-order valence-electron chi connectivity index (χ2n) is 6.50. The molecule has 2 aromatic rings. The Morgan fingerprint density at radius 2 is 1.59 bits per heavy atom. The number of carbonyl (C=O) groups is 1. The number of aryl methyl sites for hydroxylation is 2. The number of nitrogens with zero attached hydrogens (tertiary/aromatic N) is 1. The van der Waals surface area contributed by atoms with Crippen LogP contribution >= 0.6 is 0 Å². The van der Waals surface area contributed by atoms with Gasteiger partial charge in [-0.25, -0.2) is 8.78 Å². The smallest absolute Gasteiger partial charge is 0.130 e. The molecule has 0 aliphatic rings. The van der Waals surface area contributed by atoms with Gasteiger partial charge in [-0.05, 0) is 82.4 Å². The molecule has 0 radical (unpaired) electrons. The largest absolute Gasteiger partial charge is 0.304 e. The van der Waals surface area contributed by atoms with Crippen LogP contribution in [0.15, 0.2) is 48.0 Å². The summed E-state index contributed by atoms with van der Waals surface area (Å²) in [5.41, 5.74) is 5.35. The van der Waals surface area contributed by atoms with Crippen LogP contribution in [-0.2, 0) is 4.79 Å². The topological polar surface area (TPSA) is 29.4 Å². The van der Waals surface area contributed by atoms with Crippen molar-refractivity contribution in [3.63, 3.8) is 0 Å². The molecule has 0 aromatic heterocycles. The maximum absolute atomic E-state index is 12.8. The summed E-state index contributed by atoms with van der Waals surface area (Å²) in [6.07, 6.45) is 1.83. The molecule has 29 heavy (non-hydrogen) atoms. The fourth-order valence-electron chi connectivity index (χ4n) is 1.95. The first kappa shape index (κ1) is 28.6. The second-order valence-corrected chi connectivity index (χ2v) is 6.50. The molecule has 0 heterocycles. The van der Waals surface area contributed by atoms with E-state index < -0.39 is 0 Å². The van der Waals surface area contributed by atoms with Crippen LogP contribution in [0.2, 0.25) is 0 Å². The van der Waals surface area contributed by atoms with Crippen molar-refractivity contribution >= 4 is 17.6 Å². The fourth-order valence-corrected chi connectivity index (χ4v) is 1.95. The number of hydrogen-bond donors (Lipinski definition) is 0. The minimum atomic E-state index is -0.199. The summed E-state index contributed by atoms with van der Waals surface area (Å²) in [5.74, 6) is -0.299. The molecule has 0 atom stereocenters. The number of carbonyl (C=O) groups excluding carboxylic acids is 1. The summed E-state index contributed by atoms with van der Waals surface area (Å²) in [5, 5.41) is 0. The average molecular weight is 404 g/mol. The lowest BCUT2D eigenvalue weighted by Crippen LogP contribution is -1.87. The predicted molar refractivity (Wildman–Crippen MR) is 123 cm³/mol. The molecule has 4 heteroatoms. The maximum atomic E-state index is 12.8. The van der Waals surface area contributed by atoms with Crippen molar-refractivity contribution in [1.82, 2.24) is 0 Å². The molecule has 0 amide bonds. The van der Waals surface area contributed by atoms with E-state index in [2.05, 4.69) is 18.5 Å². The number of allylic oxidation sites excluding steroid dienone is 1. The Balaban J connectivity index is 0. The maximum Gasteiger partial charge on any atom is 0.130 e. The zero-order valence-corrected chi connectivity index (χ0v) is 19.1. The highest BCUT2D eigenvalue weighted by molar-refractivity contribution is 5.81. The first-order valence-corrected chi connectivity index (χ1v) is 9.51. The van der Waals surface area contributed by atoms with Gasteiger partial charge in [0, 0.05) is 18.3 Å². The Bertz CT molecular complexity index is 772. The van der Waals surface area contributed by atoms with Crippen molar-refractivity contribution in [2.75, 3.05) is 7.05 Å². The van der Waals surface area contributed by atoms with E-state index in [-0.39, 0.29) is 11.6 Å². The molecular formula is C25H35F2NO. The molecule has 0 saturated carbocycles. The van der Waals surface area contributed by atoms with E-state index in [4.69, 9.17) is 4.79 Å². The highest BCUT2D eigenvalue weighted by Crippen LogP contribution is 2.14. The zero-order valence-electron chi connectivity index (χ0n) is 19.1. The van der Waals surface area contributed by atoms with Gasteiger partial charge in [0.25, 0.3) is 0 Å². The van der Waals surface area contributed by atoms with Gasteiger partial charge in [0.05, 0.1) is 0 Å². The third kappa shape index (κ3) is 13.2. The minimum absolute atomic E-state index is 0.0995. The number of aldehydes is 1. The van der Waals surface area contributed by atoms with Crippen LogP contribution in [0.25, 0.3) is 5.57 Å². The zero-order chi connectivity index (χ0) is 23.0. The number of halogens is 2. The fraction of sp³-hybridized carbons (Fsp3) is 0.360. The van der Waals surface area contributed by atoms with Gasteiger partial charge >= 0.3 is 0 Å². The molecule has 0 unspecified atom stereocenters. The monoisotopic (exact) mass is 403 g/mol. The van der Waals surface area contributed by atoms with Crippen molar-refractivity contribution in [1.29, 1.82) is 0 Å². The molecule has 0 spiro atoms. The van der Waals surface area contributed by atoms with Crippen LogP contribution in [0.3, 0.4) is 0 Å². The third-order valence-electron chi connectivity index (χ3n) is 3.98. The average Bonchev–Trinajstić information content (AvgIpc) is 2.67. The molecule has 2 nitrogen and oxygen atoms in total. The van der Waals surface area contributed by atoms with Crippen LogP contribution in [0.5, 0.6) is 0 Å². The second kappa shape index (κ2) is 16.3. The van der Waals surface area contributed by atoms with Crippen LogP contribution in [-0.4, -0.2) is 19.0 Å². The lowest BCUT2D eigenvalue weighted by molar-refractivity contribution is -0.106. The minimum Gasteiger partial charge on any atom is -0.304 e. The van der Waals surface area contributed by atoms with Crippen LogP contribution in [0.1, 0.15) is 56.4 Å². The SMILES string of the molecule is C=C(C)c1ccccc1F.CC=O.CCC(C)=NC.Cc1cc(C)c(C)c(F)c1. The Kier molecular flexibility index (Phi) is 16.1. The molecular weight excluding hydrogens is 368 g/mol. The van der Waals surface area contributed by atoms with Gasteiger partial charge in [-0.2, -0.15) is 0 Å². The van der Waals surface area contributed by atoms with Gasteiger partial charge < -0.3 is 4.79 Å². The van der Waals surface area contributed by atoms with Crippen molar-refractivity contribution < 1.29 is 13.6 Å². The summed E-state index contributed by atoms with van der Waals surface area (Å²) in [6.45, 7) is 16.6. The predicted octanol–water partition coefficient (Wildman–Crippen LogP) is 7.30. The van der Waals surface area contributed by atoms with Gasteiger partial charge in [0.15, 0.2) is 0 Å². The standard InChI is InChI=1S/C9H11F.C9H9F.C5H11N.C2H4O/c1-6-4-7(2)8(3)9(10)5-6;1-7(2)8-5-3-4-6-9(8)10;1-4-5(2)6-3;1-2-3/h4-5H,1-3H3;3-6H,1H2,2H3;4H2,1-3H3;2H,1H3. The normalized spacial score (nSPS) is 9.66. The van der Waals surface area contributed by atoms with Gasteiger partial charge in [-0.15, -0.1) is 0 Å². The summed E-state index contributed by atoms with van der Waals surface area (Å²) in [7, 11) is 1.82. The number of aliphatic imine (C=N–C) groups is 1. The molecule has 0 fully saturated rings. The van der Waals surface area contributed by atoms with E-state index in [0.29, 0.717) is 5.56 Å². The molecule has 160 valence electrons. The number of hydrogen-bond acceptors (Lipinski definition) is 2. The van der Waals surface area contributed by atoms with E-state index in [9.17, 15) is 8.78 Å². The van der Waals surface area contributed by atoms with Crippen molar-refractivity contribution in [2.45, 2.75) is 54.9 Å². The van der Waals surface area contributed by atoms with Crippen LogP contribution in [0, 0.1) is 32.4 Å². The third-order valence-corrected chi connectivity index (χ3v) is 3.98. The lowest BCUT2D eigenvalue weighted by Gasteiger charge is -2.01. The Hall–Kier alpha value is -2.62. The Morgan fingerprint density at radius 3 is 1.90 bits per heavy atom. The van der Waals surface area contributed by atoms with Crippen molar-refractivity contribution in [3.05, 3.63) is 76.9 Å². The molecule has 2 aromatic carbocycles. The number of benzene rings is 2. The van der Waals surface area contributed by atoms with E-state index in [1.807, 2.05) is 33.9 Å². The van der Waals surface area contributed by atoms with Gasteiger partial charge in [-0.1, -0.05) is 37.8 Å². The Labute approximate surface area is 175 Å². The van der Waals surface area contributed by atoms with Crippen LogP contribution < -0.4 is 0 Å². The molecule has 0 aliphatic heterocycles. The summed E-state index contributed by atoms with van der Waals surface area (Å²) >= 11 is 0. The quantitative estimate of drug-likeness (QED) is 0.382. The molecule has 0 aliphatic carbocycles. The first-order chi connectivity index (χ1) is 13.5. The van der Waals surface area contributed by atoms with E-state index >= 15 is 0 Å². The van der Waals surface area contributed by atoms with Crippen molar-refractivity contribution in [3.8, 4) is 0 Å². The Morgan fingerprint density at radius 1 is 1.07 bits per heavy atom. The van der Waals surface area contributed by atoms with E-state index in [1.54, 1.807) is 38.1 Å². The van der Waals surface area contributed by atoms with Gasteiger partial charge in [0.1, 0.15) is 17.9 Å². The summed E-state index contributed by atoms with van der Waals surface area (Å²) in [6, 6.07) is 10.2. The lowest BCUT2D eigenvalue weighted by atomic mass is 10.1. The summed E-state index contributed by atoms with van der Waals surface area (Å²) in [4.78, 5) is 12.7.